The number of nitrogens with zero attached hydrogens (tertiary/aromatic N) is 2. The fourth-order valence-corrected chi connectivity index (χ4v) is 1.67. The van der Waals surface area contributed by atoms with Crippen LogP contribution in [0.4, 0.5) is 0 Å². The molecule has 9 heteroatoms. The number of amides is 1. The van der Waals surface area contributed by atoms with Crippen LogP contribution in [0, 0.1) is 0 Å². The Morgan fingerprint density at radius 2 is 1.92 bits per heavy atom. The lowest BCUT2D eigenvalue weighted by Crippen LogP contribution is -2.32. The molecule has 0 unspecified atom stereocenters. The third-order valence-corrected chi connectivity index (χ3v) is 2.80. The Morgan fingerprint density at radius 1 is 1.21 bits per heavy atom. The molecule has 0 saturated heterocycles. The smallest absolute Gasteiger partial charge is 0.396 e. The summed E-state index contributed by atoms with van der Waals surface area (Å²) in [5.74, 6) is -0.0161. The van der Waals surface area contributed by atoms with Crippen LogP contribution in [0.15, 0.2) is 28.8 Å². The highest BCUT2D eigenvalue weighted by Gasteiger charge is 2.15. The molecule has 1 N–H and O–H groups in total. The quantitative estimate of drug-likeness (QED) is 0.585. The first kappa shape index (κ1) is 17.3. The van der Waals surface area contributed by atoms with Crippen LogP contribution in [0.3, 0.4) is 0 Å². The molecule has 0 aliphatic carbocycles. The van der Waals surface area contributed by atoms with Crippen molar-refractivity contribution in [3.05, 3.63) is 36.0 Å². The lowest BCUT2D eigenvalue weighted by Gasteiger charge is -2.04. The molecule has 0 bridgehead atoms. The summed E-state index contributed by atoms with van der Waals surface area (Å²) in [5.41, 5.74) is 0. The molecule has 0 spiro atoms. The van der Waals surface area contributed by atoms with Crippen LogP contribution < -0.4 is 14.8 Å². The van der Waals surface area contributed by atoms with Gasteiger partial charge in [0.15, 0.2) is 6.61 Å². The fraction of sp³-hybridized carbons (Fsp3) is 0.333. The summed E-state index contributed by atoms with van der Waals surface area (Å²) < 4.78 is 20.1. The number of esters is 1. The normalized spacial score (nSPS) is 10.1. The van der Waals surface area contributed by atoms with Crippen molar-refractivity contribution in [1.82, 2.24) is 15.5 Å². The van der Waals surface area contributed by atoms with E-state index in [0.717, 1.165) is 5.75 Å². The second-order valence-corrected chi connectivity index (χ2v) is 4.47. The van der Waals surface area contributed by atoms with Crippen LogP contribution in [0.5, 0.6) is 11.5 Å². The van der Waals surface area contributed by atoms with Gasteiger partial charge < -0.3 is 24.1 Å². The van der Waals surface area contributed by atoms with Gasteiger partial charge in [0, 0.05) is 0 Å². The summed E-state index contributed by atoms with van der Waals surface area (Å²) >= 11 is 0. The molecule has 0 atom stereocenters. The number of hydrogen-bond donors (Lipinski definition) is 1. The summed E-state index contributed by atoms with van der Waals surface area (Å²) in [6.07, 6.45) is 0. The Hall–Kier alpha value is -3.10. The number of benzene rings is 1. The molecular weight excluding hydrogens is 318 g/mol. The zero-order valence-corrected chi connectivity index (χ0v) is 13.3. The predicted molar refractivity (Wildman–Crippen MR) is 80.1 cm³/mol. The summed E-state index contributed by atoms with van der Waals surface area (Å²) in [6.45, 7) is 1.76. The second kappa shape index (κ2) is 8.51. The average molecular weight is 335 g/mol. The van der Waals surface area contributed by atoms with Crippen molar-refractivity contribution in [2.24, 2.45) is 0 Å². The summed E-state index contributed by atoms with van der Waals surface area (Å²) in [4.78, 5) is 26.6. The lowest BCUT2D eigenvalue weighted by atomic mass is 10.3. The van der Waals surface area contributed by atoms with E-state index in [-0.39, 0.29) is 25.6 Å². The van der Waals surface area contributed by atoms with Crippen molar-refractivity contribution >= 4 is 11.9 Å². The molecule has 0 aliphatic rings. The maximum Gasteiger partial charge on any atom is 0.396 e. The SMILES string of the molecule is CCOC(=O)C(=O)NCc1nc(COc2ccc(OC)cc2)no1. The minimum absolute atomic E-state index is 0.0762. The van der Waals surface area contributed by atoms with Crippen LogP contribution in [-0.4, -0.2) is 35.7 Å². The monoisotopic (exact) mass is 335 g/mol. The molecule has 24 heavy (non-hydrogen) atoms. The number of methoxy groups -OCH3 is 1. The van der Waals surface area contributed by atoms with Gasteiger partial charge in [0.1, 0.15) is 11.5 Å². The Balaban J connectivity index is 1.80. The van der Waals surface area contributed by atoms with Crippen LogP contribution in [-0.2, 0) is 27.5 Å². The maximum atomic E-state index is 11.4. The summed E-state index contributed by atoms with van der Waals surface area (Å²) in [6, 6.07) is 7.03. The predicted octanol–water partition coefficient (Wildman–Crippen LogP) is 0.836. The van der Waals surface area contributed by atoms with Crippen molar-refractivity contribution < 1.29 is 28.3 Å². The van der Waals surface area contributed by atoms with E-state index >= 15 is 0 Å². The van der Waals surface area contributed by atoms with Crippen LogP contribution >= 0.6 is 0 Å². The molecule has 0 aliphatic heterocycles. The maximum absolute atomic E-state index is 11.4. The van der Waals surface area contributed by atoms with Gasteiger partial charge in [0.2, 0.25) is 11.7 Å². The van der Waals surface area contributed by atoms with Gasteiger partial charge in [-0.25, -0.2) is 4.79 Å². The minimum atomic E-state index is -0.958. The number of nitrogens with one attached hydrogen (secondary N) is 1. The van der Waals surface area contributed by atoms with Gasteiger partial charge in [-0.2, -0.15) is 4.98 Å². The van der Waals surface area contributed by atoms with Gasteiger partial charge in [0.05, 0.1) is 20.3 Å². The molecule has 1 aromatic carbocycles. The number of carbonyl (C=O) groups is 2. The molecule has 9 nitrogen and oxygen atoms in total. The van der Waals surface area contributed by atoms with E-state index in [9.17, 15) is 9.59 Å². The molecule has 1 amide bonds. The molecule has 0 radical (unpaired) electrons. The molecule has 1 aromatic heterocycles. The lowest BCUT2D eigenvalue weighted by molar-refractivity contribution is -0.154. The number of rotatable bonds is 7. The third-order valence-electron chi connectivity index (χ3n) is 2.80. The Labute approximate surface area is 137 Å². The average Bonchev–Trinajstić information content (AvgIpc) is 3.06. The standard InChI is InChI=1S/C15H17N3O6/c1-3-22-15(20)14(19)16-8-13-17-12(18-24-13)9-23-11-6-4-10(21-2)5-7-11/h4-7H,3,8-9H2,1-2H3,(H,16,19). The third kappa shape index (κ3) is 4.97. The first-order valence-electron chi connectivity index (χ1n) is 7.15. The Kier molecular flexibility index (Phi) is 6.12. The highest BCUT2D eigenvalue weighted by atomic mass is 16.5. The summed E-state index contributed by atoms with van der Waals surface area (Å²) in [5, 5.41) is 6.04. The van der Waals surface area contributed by atoms with E-state index in [4.69, 9.17) is 14.0 Å². The molecule has 128 valence electrons. The van der Waals surface area contributed by atoms with E-state index in [1.54, 1.807) is 38.3 Å². The van der Waals surface area contributed by atoms with Crippen molar-refractivity contribution in [3.63, 3.8) is 0 Å². The number of carbonyl (C=O) groups excluding carboxylic acids is 2. The second-order valence-electron chi connectivity index (χ2n) is 4.47. The number of ether oxygens (including phenoxy) is 3. The number of aromatic nitrogens is 2. The van der Waals surface area contributed by atoms with Gasteiger partial charge in [0.25, 0.3) is 0 Å². The zero-order chi connectivity index (χ0) is 17.4. The molecule has 0 saturated carbocycles. The topological polar surface area (TPSA) is 113 Å². The largest absolute Gasteiger partial charge is 0.497 e. The summed E-state index contributed by atoms with van der Waals surface area (Å²) in [7, 11) is 1.58. The first-order valence-corrected chi connectivity index (χ1v) is 7.15. The fourth-order valence-electron chi connectivity index (χ4n) is 1.67. The highest BCUT2D eigenvalue weighted by molar-refractivity contribution is 6.32. The Bertz CT molecular complexity index is 683. The van der Waals surface area contributed by atoms with Gasteiger partial charge in [-0.15, -0.1) is 0 Å². The zero-order valence-electron chi connectivity index (χ0n) is 13.3. The van der Waals surface area contributed by atoms with Gasteiger partial charge in [-0.05, 0) is 31.2 Å². The highest BCUT2D eigenvalue weighted by Crippen LogP contribution is 2.17. The molecule has 0 fully saturated rings. The van der Waals surface area contributed by atoms with Crippen LogP contribution in [0.1, 0.15) is 18.6 Å². The van der Waals surface area contributed by atoms with E-state index in [1.807, 2.05) is 0 Å². The van der Waals surface area contributed by atoms with E-state index in [0.29, 0.717) is 11.6 Å². The van der Waals surface area contributed by atoms with Crippen molar-refractivity contribution in [3.8, 4) is 11.5 Å². The molecule has 2 aromatic rings. The first-order chi connectivity index (χ1) is 11.6. The van der Waals surface area contributed by atoms with E-state index < -0.39 is 11.9 Å². The van der Waals surface area contributed by atoms with Gasteiger partial charge in [-0.1, -0.05) is 5.16 Å². The molecular formula is C15H17N3O6. The van der Waals surface area contributed by atoms with Crippen molar-refractivity contribution in [2.75, 3.05) is 13.7 Å². The van der Waals surface area contributed by atoms with E-state index in [1.165, 1.54) is 0 Å². The van der Waals surface area contributed by atoms with Crippen LogP contribution in [0.2, 0.25) is 0 Å². The Morgan fingerprint density at radius 3 is 2.58 bits per heavy atom. The van der Waals surface area contributed by atoms with Gasteiger partial charge in [-0.3, -0.25) is 4.79 Å². The van der Waals surface area contributed by atoms with E-state index in [2.05, 4.69) is 20.2 Å². The van der Waals surface area contributed by atoms with Crippen LogP contribution in [0.25, 0.3) is 0 Å². The van der Waals surface area contributed by atoms with Crippen molar-refractivity contribution in [2.45, 2.75) is 20.1 Å². The van der Waals surface area contributed by atoms with Gasteiger partial charge >= 0.3 is 11.9 Å². The number of hydrogen-bond acceptors (Lipinski definition) is 8. The molecule has 1 heterocycles. The van der Waals surface area contributed by atoms with Crippen molar-refractivity contribution in [1.29, 1.82) is 0 Å². The molecule has 2 rings (SSSR count). The minimum Gasteiger partial charge on any atom is -0.497 e.